The number of rotatable bonds is 3. The third-order valence-electron chi connectivity index (χ3n) is 3.86. The second kappa shape index (κ2) is 4.57. The minimum Gasteiger partial charge on any atom is -0.0801 e. The molecule has 0 fully saturated rings. The first-order valence-electron chi connectivity index (χ1n) is 7.05. The zero-order valence-corrected chi connectivity index (χ0v) is 12.5. The lowest BCUT2D eigenvalue weighted by Gasteiger charge is -2.35. The van der Waals surface area contributed by atoms with Crippen molar-refractivity contribution in [2.75, 3.05) is 0 Å². The maximum Gasteiger partial charge on any atom is 0.0204 e. The Morgan fingerprint density at radius 1 is 1.06 bits per heavy atom. The molecule has 2 rings (SSSR count). The first kappa shape index (κ1) is 13.4. The van der Waals surface area contributed by atoms with E-state index in [1.807, 2.05) is 0 Å². The van der Waals surface area contributed by atoms with Crippen LogP contribution < -0.4 is 0 Å². The first-order valence-corrected chi connectivity index (χ1v) is 7.05. The molecule has 0 radical (unpaired) electrons. The molecule has 0 atom stereocenters. The molecule has 0 N–H and O–H groups in total. The third-order valence-corrected chi connectivity index (χ3v) is 3.86. The molecular formula is C18H26. The highest BCUT2D eigenvalue weighted by molar-refractivity contribution is 5.45. The molecule has 0 bridgehead atoms. The molecule has 2 aliphatic rings. The molecule has 0 unspecified atom stereocenters. The Morgan fingerprint density at radius 2 is 1.67 bits per heavy atom. The van der Waals surface area contributed by atoms with Crippen molar-refractivity contribution in [2.45, 2.75) is 47.5 Å². The van der Waals surface area contributed by atoms with Crippen LogP contribution in [-0.2, 0) is 0 Å². The molecule has 0 spiro atoms. The summed E-state index contributed by atoms with van der Waals surface area (Å²) in [6.45, 7) is 11.8. The molecule has 18 heavy (non-hydrogen) atoms. The zero-order chi connectivity index (χ0) is 13.4. The standard InChI is InChI=1S/C18H26/c1-17(2,3)13-18(4,5)16-12-8-11-15(16)14-9-6-7-10-14/h6-11,14H,12-13H2,1-5H3. The molecule has 0 heteroatoms. The lowest BCUT2D eigenvalue weighted by atomic mass is 9.70. The normalized spacial score (nSPS) is 20.5. The zero-order valence-electron chi connectivity index (χ0n) is 12.5. The highest BCUT2D eigenvalue weighted by Gasteiger charge is 2.32. The van der Waals surface area contributed by atoms with Gasteiger partial charge in [-0.05, 0) is 29.2 Å². The van der Waals surface area contributed by atoms with Gasteiger partial charge in [0.15, 0.2) is 0 Å². The Balaban J connectivity index is 2.28. The van der Waals surface area contributed by atoms with Crippen LogP contribution in [0.25, 0.3) is 0 Å². The second-order valence-corrected chi connectivity index (χ2v) is 7.46. The lowest BCUT2D eigenvalue weighted by Crippen LogP contribution is -2.23. The second-order valence-electron chi connectivity index (χ2n) is 7.46. The van der Waals surface area contributed by atoms with E-state index in [9.17, 15) is 0 Å². The number of hydrogen-bond donors (Lipinski definition) is 0. The average molecular weight is 242 g/mol. The Hall–Kier alpha value is -1.04. The average Bonchev–Trinajstić information content (AvgIpc) is 2.85. The molecule has 0 saturated heterocycles. The molecule has 0 nitrogen and oxygen atoms in total. The van der Waals surface area contributed by atoms with Crippen LogP contribution in [0.5, 0.6) is 0 Å². The molecule has 0 aromatic rings. The SMILES string of the molecule is CC(C)(C)CC(C)(C)C1=C(C2C=CC=C2)C=CC1. The summed E-state index contributed by atoms with van der Waals surface area (Å²) in [4.78, 5) is 0. The van der Waals surface area contributed by atoms with E-state index >= 15 is 0 Å². The fraction of sp³-hybridized carbons (Fsp3) is 0.556. The molecule has 0 aliphatic heterocycles. The summed E-state index contributed by atoms with van der Waals surface area (Å²) >= 11 is 0. The van der Waals surface area contributed by atoms with E-state index < -0.39 is 0 Å². The molecule has 0 heterocycles. The lowest BCUT2D eigenvalue weighted by molar-refractivity contribution is 0.246. The maximum atomic E-state index is 2.41. The quantitative estimate of drug-likeness (QED) is 0.617. The minimum atomic E-state index is 0.293. The van der Waals surface area contributed by atoms with Crippen molar-refractivity contribution in [3.05, 3.63) is 47.6 Å². The number of hydrogen-bond acceptors (Lipinski definition) is 0. The molecule has 2 aliphatic carbocycles. The molecule has 98 valence electrons. The van der Waals surface area contributed by atoms with Gasteiger partial charge in [0.2, 0.25) is 0 Å². The van der Waals surface area contributed by atoms with Gasteiger partial charge < -0.3 is 0 Å². The molecule has 0 amide bonds. The summed E-state index contributed by atoms with van der Waals surface area (Å²) in [5.41, 5.74) is 3.85. The van der Waals surface area contributed by atoms with Gasteiger partial charge in [-0.15, -0.1) is 0 Å². The van der Waals surface area contributed by atoms with E-state index in [4.69, 9.17) is 0 Å². The van der Waals surface area contributed by atoms with Gasteiger partial charge in [0.25, 0.3) is 0 Å². The van der Waals surface area contributed by atoms with Gasteiger partial charge in [0, 0.05) is 5.92 Å². The Bertz CT molecular complexity index is 421. The van der Waals surface area contributed by atoms with Crippen LogP contribution >= 0.6 is 0 Å². The fourth-order valence-corrected chi connectivity index (χ4v) is 3.57. The highest BCUT2D eigenvalue weighted by Crippen LogP contribution is 2.45. The van der Waals surface area contributed by atoms with E-state index in [0.29, 0.717) is 16.7 Å². The minimum absolute atomic E-state index is 0.293. The Labute approximate surface area is 112 Å². The highest BCUT2D eigenvalue weighted by atomic mass is 14.4. The van der Waals surface area contributed by atoms with Crippen molar-refractivity contribution in [1.29, 1.82) is 0 Å². The monoisotopic (exact) mass is 242 g/mol. The summed E-state index contributed by atoms with van der Waals surface area (Å²) in [7, 11) is 0. The van der Waals surface area contributed by atoms with E-state index in [0.717, 1.165) is 6.42 Å². The van der Waals surface area contributed by atoms with E-state index in [-0.39, 0.29) is 0 Å². The number of allylic oxidation sites excluding steroid dienone is 8. The first-order chi connectivity index (χ1) is 8.30. The third kappa shape index (κ3) is 2.85. The summed E-state index contributed by atoms with van der Waals surface area (Å²) in [6.07, 6.45) is 16.0. The maximum absolute atomic E-state index is 2.41. The molecule has 0 aromatic heterocycles. The van der Waals surface area contributed by atoms with Crippen molar-refractivity contribution in [2.24, 2.45) is 16.7 Å². The van der Waals surface area contributed by atoms with Crippen molar-refractivity contribution < 1.29 is 0 Å². The summed E-state index contributed by atoms with van der Waals surface area (Å²) in [5.74, 6) is 0.512. The largest absolute Gasteiger partial charge is 0.0801 e. The van der Waals surface area contributed by atoms with Crippen LogP contribution in [0.3, 0.4) is 0 Å². The fourth-order valence-electron chi connectivity index (χ4n) is 3.57. The van der Waals surface area contributed by atoms with E-state index in [1.165, 1.54) is 12.0 Å². The van der Waals surface area contributed by atoms with Crippen LogP contribution in [0.4, 0.5) is 0 Å². The van der Waals surface area contributed by atoms with Crippen LogP contribution in [0.2, 0.25) is 0 Å². The predicted octanol–water partition coefficient (Wildman–Crippen LogP) is 5.45. The van der Waals surface area contributed by atoms with Gasteiger partial charge in [-0.3, -0.25) is 0 Å². The van der Waals surface area contributed by atoms with Gasteiger partial charge in [-0.1, -0.05) is 76.6 Å². The van der Waals surface area contributed by atoms with Crippen molar-refractivity contribution >= 4 is 0 Å². The van der Waals surface area contributed by atoms with Crippen molar-refractivity contribution in [1.82, 2.24) is 0 Å². The molecular weight excluding hydrogens is 216 g/mol. The van der Waals surface area contributed by atoms with Crippen LogP contribution in [-0.4, -0.2) is 0 Å². The predicted molar refractivity (Wildman–Crippen MR) is 80.4 cm³/mol. The summed E-state index contributed by atoms with van der Waals surface area (Å²) in [5, 5.41) is 0. The van der Waals surface area contributed by atoms with Crippen molar-refractivity contribution in [3.63, 3.8) is 0 Å². The van der Waals surface area contributed by atoms with Gasteiger partial charge in [0.05, 0.1) is 0 Å². The summed E-state index contributed by atoms with van der Waals surface area (Å²) < 4.78 is 0. The van der Waals surface area contributed by atoms with E-state index in [1.54, 1.807) is 5.57 Å². The van der Waals surface area contributed by atoms with Gasteiger partial charge in [-0.25, -0.2) is 0 Å². The molecule has 0 saturated carbocycles. The summed E-state index contributed by atoms with van der Waals surface area (Å²) in [6, 6.07) is 0. The smallest absolute Gasteiger partial charge is 0.0204 e. The topological polar surface area (TPSA) is 0 Å². The van der Waals surface area contributed by atoms with Gasteiger partial charge in [-0.2, -0.15) is 0 Å². The Morgan fingerprint density at radius 3 is 2.22 bits per heavy atom. The van der Waals surface area contributed by atoms with Crippen LogP contribution in [0.1, 0.15) is 47.5 Å². The van der Waals surface area contributed by atoms with Gasteiger partial charge >= 0.3 is 0 Å². The van der Waals surface area contributed by atoms with Crippen LogP contribution in [0.15, 0.2) is 47.6 Å². The molecule has 0 aromatic carbocycles. The van der Waals surface area contributed by atoms with E-state index in [2.05, 4.69) is 71.1 Å². The van der Waals surface area contributed by atoms with Crippen molar-refractivity contribution in [3.8, 4) is 0 Å². The van der Waals surface area contributed by atoms with Crippen LogP contribution in [0, 0.1) is 16.7 Å². The Kier molecular flexibility index (Phi) is 3.40. The van der Waals surface area contributed by atoms with Gasteiger partial charge in [0.1, 0.15) is 0 Å².